The van der Waals surface area contributed by atoms with E-state index in [9.17, 15) is 4.79 Å². The van der Waals surface area contributed by atoms with Gasteiger partial charge < -0.3 is 15.2 Å². The van der Waals surface area contributed by atoms with E-state index in [0.29, 0.717) is 18.2 Å². The van der Waals surface area contributed by atoms with Gasteiger partial charge in [0, 0.05) is 6.54 Å². The van der Waals surface area contributed by atoms with E-state index in [4.69, 9.17) is 9.84 Å². The summed E-state index contributed by atoms with van der Waals surface area (Å²) in [7, 11) is 0. The molecule has 1 aliphatic rings. The molecule has 1 saturated carbocycles. The van der Waals surface area contributed by atoms with Crippen LogP contribution in [0, 0.1) is 12.8 Å². The molecule has 0 heterocycles. The number of hydrogen-bond donors (Lipinski definition) is 2. The Bertz CT molecular complexity index is 413. The van der Waals surface area contributed by atoms with Gasteiger partial charge in [-0.15, -0.1) is 0 Å². The Morgan fingerprint density at radius 1 is 1.50 bits per heavy atom. The largest absolute Gasteiger partial charge is 0.484 e. The molecule has 18 heavy (non-hydrogen) atoms. The summed E-state index contributed by atoms with van der Waals surface area (Å²) in [6, 6.07) is 7.62. The van der Waals surface area contributed by atoms with Crippen molar-refractivity contribution in [2.24, 2.45) is 5.92 Å². The second-order valence-electron chi connectivity index (χ2n) is 4.90. The predicted molar refractivity (Wildman–Crippen MR) is 68.4 cm³/mol. The third kappa shape index (κ3) is 3.74. The van der Waals surface area contributed by atoms with Crippen LogP contribution in [0.15, 0.2) is 24.3 Å². The summed E-state index contributed by atoms with van der Waals surface area (Å²) in [6.45, 7) is 2.65. The Morgan fingerprint density at radius 3 is 2.94 bits per heavy atom. The average Bonchev–Trinajstić information content (AvgIpc) is 2.31. The van der Waals surface area contributed by atoms with Crippen molar-refractivity contribution in [3.63, 3.8) is 0 Å². The Labute approximate surface area is 107 Å². The van der Waals surface area contributed by atoms with E-state index in [-0.39, 0.29) is 18.6 Å². The van der Waals surface area contributed by atoms with Crippen molar-refractivity contribution < 1.29 is 14.6 Å². The number of amides is 1. The average molecular weight is 249 g/mol. The number of ether oxygens (including phenoxy) is 1. The van der Waals surface area contributed by atoms with Gasteiger partial charge in [0.15, 0.2) is 6.61 Å². The number of nitrogens with one attached hydrogen (secondary N) is 1. The van der Waals surface area contributed by atoms with Gasteiger partial charge in [0.2, 0.25) is 0 Å². The molecular weight excluding hydrogens is 230 g/mol. The number of aliphatic hydroxyl groups excluding tert-OH is 1. The maximum atomic E-state index is 11.5. The van der Waals surface area contributed by atoms with Crippen LogP contribution in [0.1, 0.15) is 18.4 Å². The lowest BCUT2D eigenvalue weighted by Gasteiger charge is -2.31. The highest BCUT2D eigenvalue weighted by molar-refractivity contribution is 5.77. The predicted octanol–water partition coefficient (Wildman–Crippen LogP) is 1.26. The summed E-state index contributed by atoms with van der Waals surface area (Å²) in [5.41, 5.74) is 1.11. The normalized spacial score (nSPS) is 22.1. The molecule has 0 unspecified atom stereocenters. The first kappa shape index (κ1) is 12.9. The zero-order chi connectivity index (χ0) is 13.0. The zero-order valence-corrected chi connectivity index (χ0v) is 10.6. The molecule has 0 saturated heterocycles. The van der Waals surface area contributed by atoms with Gasteiger partial charge in [0.05, 0.1) is 6.10 Å². The molecule has 2 N–H and O–H groups in total. The van der Waals surface area contributed by atoms with E-state index in [0.717, 1.165) is 18.4 Å². The minimum Gasteiger partial charge on any atom is -0.484 e. The summed E-state index contributed by atoms with van der Waals surface area (Å²) < 4.78 is 5.39. The molecule has 0 aromatic heterocycles. The molecule has 1 amide bonds. The molecule has 0 aliphatic heterocycles. The minimum atomic E-state index is -0.171. The van der Waals surface area contributed by atoms with E-state index >= 15 is 0 Å². The standard InChI is InChI=1S/C14H19NO3/c1-10-3-2-4-13(5-10)18-9-14(17)15-8-11-6-12(16)7-11/h2-5,11-12,16H,6-9H2,1H3,(H,15,17). The quantitative estimate of drug-likeness (QED) is 0.826. The summed E-state index contributed by atoms with van der Waals surface area (Å²) in [5.74, 6) is 1.02. The first-order valence-electron chi connectivity index (χ1n) is 6.27. The Morgan fingerprint density at radius 2 is 2.28 bits per heavy atom. The van der Waals surface area contributed by atoms with Gasteiger partial charge >= 0.3 is 0 Å². The minimum absolute atomic E-state index is 0.0404. The molecule has 1 aromatic carbocycles. The van der Waals surface area contributed by atoms with Gasteiger partial charge in [-0.05, 0) is 43.4 Å². The molecule has 0 radical (unpaired) electrons. The second-order valence-corrected chi connectivity index (χ2v) is 4.90. The molecule has 1 fully saturated rings. The van der Waals surface area contributed by atoms with Crippen LogP contribution in [0.2, 0.25) is 0 Å². The van der Waals surface area contributed by atoms with Gasteiger partial charge in [-0.2, -0.15) is 0 Å². The summed E-state index contributed by atoms with van der Waals surface area (Å²) in [5, 5.41) is 11.9. The van der Waals surface area contributed by atoms with Crippen LogP contribution in [0.5, 0.6) is 5.75 Å². The van der Waals surface area contributed by atoms with Crippen molar-refractivity contribution in [3.05, 3.63) is 29.8 Å². The Kier molecular flexibility index (Phi) is 4.20. The van der Waals surface area contributed by atoms with Gasteiger partial charge in [0.25, 0.3) is 5.91 Å². The first-order valence-corrected chi connectivity index (χ1v) is 6.27. The summed E-state index contributed by atoms with van der Waals surface area (Å²) in [6.07, 6.45) is 1.41. The van der Waals surface area contributed by atoms with Gasteiger partial charge in [0.1, 0.15) is 5.75 Å². The third-order valence-corrected chi connectivity index (χ3v) is 3.16. The third-order valence-electron chi connectivity index (χ3n) is 3.16. The second kappa shape index (κ2) is 5.87. The molecule has 4 heteroatoms. The van der Waals surface area contributed by atoms with Crippen LogP contribution >= 0.6 is 0 Å². The van der Waals surface area contributed by atoms with Crippen LogP contribution in [0.25, 0.3) is 0 Å². The molecule has 2 rings (SSSR count). The van der Waals surface area contributed by atoms with Crippen molar-refractivity contribution >= 4 is 5.91 Å². The molecule has 1 aromatic rings. The van der Waals surface area contributed by atoms with Crippen LogP contribution < -0.4 is 10.1 Å². The lowest BCUT2D eigenvalue weighted by atomic mass is 9.82. The number of aryl methyl sites for hydroxylation is 1. The van der Waals surface area contributed by atoms with E-state index in [1.807, 2.05) is 31.2 Å². The fraction of sp³-hybridized carbons (Fsp3) is 0.500. The van der Waals surface area contributed by atoms with Crippen molar-refractivity contribution in [1.82, 2.24) is 5.32 Å². The van der Waals surface area contributed by atoms with Gasteiger partial charge in [-0.3, -0.25) is 4.79 Å². The number of rotatable bonds is 5. The monoisotopic (exact) mass is 249 g/mol. The summed E-state index contributed by atoms with van der Waals surface area (Å²) in [4.78, 5) is 11.5. The van der Waals surface area contributed by atoms with Crippen molar-refractivity contribution in [2.45, 2.75) is 25.9 Å². The highest BCUT2D eigenvalue weighted by Gasteiger charge is 2.27. The van der Waals surface area contributed by atoms with Crippen molar-refractivity contribution in [1.29, 1.82) is 0 Å². The van der Waals surface area contributed by atoms with Crippen LogP contribution in [-0.4, -0.2) is 30.3 Å². The Hall–Kier alpha value is -1.55. The number of carbonyl (C=O) groups is 1. The molecule has 0 spiro atoms. The Balaban J connectivity index is 1.65. The molecular formula is C14H19NO3. The number of carbonyl (C=O) groups excluding carboxylic acids is 1. The van der Waals surface area contributed by atoms with Crippen LogP contribution in [0.3, 0.4) is 0 Å². The topological polar surface area (TPSA) is 58.6 Å². The lowest BCUT2D eigenvalue weighted by Crippen LogP contribution is -2.39. The van der Waals surface area contributed by atoms with Crippen molar-refractivity contribution in [2.75, 3.05) is 13.2 Å². The van der Waals surface area contributed by atoms with Gasteiger partial charge in [-0.1, -0.05) is 12.1 Å². The summed E-state index contributed by atoms with van der Waals surface area (Å²) >= 11 is 0. The highest BCUT2D eigenvalue weighted by Crippen LogP contribution is 2.25. The molecule has 4 nitrogen and oxygen atoms in total. The smallest absolute Gasteiger partial charge is 0.257 e. The molecule has 98 valence electrons. The zero-order valence-electron chi connectivity index (χ0n) is 10.6. The molecule has 0 atom stereocenters. The first-order chi connectivity index (χ1) is 8.63. The molecule has 0 bridgehead atoms. The number of benzene rings is 1. The van der Waals surface area contributed by atoms with E-state index < -0.39 is 0 Å². The van der Waals surface area contributed by atoms with E-state index in [2.05, 4.69) is 5.32 Å². The maximum Gasteiger partial charge on any atom is 0.257 e. The number of aliphatic hydroxyl groups is 1. The van der Waals surface area contributed by atoms with Crippen LogP contribution in [0.4, 0.5) is 0 Å². The molecule has 1 aliphatic carbocycles. The number of hydrogen-bond acceptors (Lipinski definition) is 3. The van der Waals surface area contributed by atoms with E-state index in [1.165, 1.54) is 0 Å². The fourth-order valence-corrected chi connectivity index (χ4v) is 2.03. The maximum absolute atomic E-state index is 11.5. The highest BCUT2D eigenvalue weighted by atomic mass is 16.5. The SMILES string of the molecule is Cc1cccc(OCC(=O)NCC2CC(O)C2)c1. The van der Waals surface area contributed by atoms with Crippen molar-refractivity contribution in [3.8, 4) is 5.75 Å². The lowest BCUT2D eigenvalue weighted by molar-refractivity contribution is -0.123. The van der Waals surface area contributed by atoms with Crippen LogP contribution in [-0.2, 0) is 4.79 Å². The van der Waals surface area contributed by atoms with E-state index in [1.54, 1.807) is 0 Å². The van der Waals surface area contributed by atoms with Gasteiger partial charge in [-0.25, -0.2) is 0 Å². The fourth-order valence-electron chi connectivity index (χ4n) is 2.03.